The van der Waals surface area contributed by atoms with Gasteiger partial charge in [-0.15, -0.1) is 24.2 Å². The van der Waals surface area contributed by atoms with Gasteiger partial charge in [-0.3, -0.25) is 9.59 Å². The molecule has 1 atom stereocenters. The number of thioether (sulfide) groups is 1. The first-order chi connectivity index (χ1) is 12.5. The third-order valence-corrected chi connectivity index (χ3v) is 5.81. The van der Waals surface area contributed by atoms with Crippen LogP contribution in [0.25, 0.3) is 0 Å². The van der Waals surface area contributed by atoms with Gasteiger partial charge in [-0.25, -0.2) is 4.39 Å². The molecule has 1 unspecified atom stereocenters. The highest BCUT2D eigenvalue weighted by Gasteiger charge is 2.24. The maximum Gasteiger partial charge on any atom is 0.255 e. The molecule has 2 aromatic carbocycles. The second-order valence-corrected chi connectivity index (χ2v) is 7.79. The Bertz CT molecular complexity index is 922. The second-order valence-electron chi connectivity index (χ2n) is 6.41. The number of nitrogens with one attached hydrogen (secondary N) is 3. The van der Waals surface area contributed by atoms with Gasteiger partial charge in [0.25, 0.3) is 5.91 Å². The number of hydrogen-bond acceptors (Lipinski definition) is 4. The van der Waals surface area contributed by atoms with Crippen LogP contribution in [-0.2, 0) is 17.8 Å². The van der Waals surface area contributed by atoms with Crippen molar-refractivity contribution in [3.8, 4) is 0 Å². The van der Waals surface area contributed by atoms with Crippen molar-refractivity contribution in [2.24, 2.45) is 0 Å². The van der Waals surface area contributed by atoms with Crippen molar-refractivity contribution in [2.45, 2.75) is 30.0 Å². The molecule has 2 heterocycles. The van der Waals surface area contributed by atoms with Crippen molar-refractivity contribution in [1.82, 2.24) is 5.32 Å². The fourth-order valence-corrected chi connectivity index (χ4v) is 4.10. The molecule has 0 spiro atoms. The minimum Gasteiger partial charge on any atom is -0.324 e. The molecule has 2 amide bonds. The molecule has 5 nitrogen and oxygen atoms in total. The van der Waals surface area contributed by atoms with Crippen molar-refractivity contribution in [3.63, 3.8) is 0 Å². The van der Waals surface area contributed by atoms with Crippen LogP contribution in [0.5, 0.6) is 0 Å². The Morgan fingerprint density at radius 3 is 2.93 bits per heavy atom. The van der Waals surface area contributed by atoms with Gasteiger partial charge in [0.15, 0.2) is 0 Å². The number of benzene rings is 2. The quantitative estimate of drug-likeness (QED) is 0.711. The lowest BCUT2D eigenvalue weighted by Crippen LogP contribution is -2.27. The average Bonchev–Trinajstić information content (AvgIpc) is 2.65. The van der Waals surface area contributed by atoms with Crippen LogP contribution in [0.3, 0.4) is 0 Å². The van der Waals surface area contributed by atoms with E-state index >= 15 is 0 Å². The summed E-state index contributed by atoms with van der Waals surface area (Å²) in [5.41, 5.74) is 2.75. The number of halogens is 2. The van der Waals surface area contributed by atoms with Crippen molar-refractivity contribution < 1.29 is 14.0 Å². The summed E-state index contributed by atoms with van der Waals surface area (Å²) < 4.78 is 14.7. The third kappa shape index (κ3) is 3.81. The Balaban J connectivity index is 0.00000210. The van der Waals surface area contributed by atoms with Gasteiger partial charge in [0.05, 0.1) is 16.6 Å². The van der Waals surface area contributed by atoms with Crippen LogP contribution >= 0.6 is 24.2 Å². The Kier molecular flexibility index (Phi) is 5.74. The molecular weight excluding hydrogens is 389 g/mol. The molecule has 3 N–H and O–H groups in total. The maximum atomic E-state index is 14.7. The van der Waals surface area contributed by atoms with E-state index in [0.29, 0.717) is 29.8 Å². The molecule has 2 aromatic rings. The molecule has 0 aliphatic carbocycles. The van der Waals surface area contributed by atoms with Gasteiger partial charge in [0, 0.05) is 17.0 Å². The number of carbonyl (C=O) groups is 2. The molecule has 0 saturated carbocycles. The van der Waals surface area contributed by atoms with E-state index in [1.165, 1.54) is 11.8 Å². The molecule has 0 aromatic heterocycles. The first-order valence-corrected chi connectivity index (χ1v) is 9.35. The summed E-state index contributed by atoms with van der Waals surface area (Å²) in [6.07, 6.45) is 0.602. The number of amides is 2. The van der Waals surface area contributed by atoms with E-state index in [0.717, 1.165) is 17.0 Å². The van der Waals surface area contributed by atoms with E-state index < -0.39 is 5.91 Å². The van der Waals surface area contributed by atoms with Gasteiger partial charge >= 0.3 is 0 Å². The molecule has 0 radical (unpaired) electrons. The Hall–Kier alpha value is -2.09. The van der Waals surface area contributed by atoms with Crippen LogP contribution in [-0.4, -0.2) is 23.6 Å². The average molecular weight is 408 g/mol. The Morgan fingerprint density at radius 2 is 2.11 bits per heavy atom. The van der Waals surface area contributed by atoms with E-state index in [1.54, 1.807) is 24.3 Å². The van der Waals surface area contributed by atoms with E-state index in [-0.39, 0.29) is 35.1 Å². The monoisotopic (exact) mass is 407 g/mol. The number of hydrogen-bond donors (Lipinski definition) is 3. The van der Waals surface area contributed by atoms with Gasteiger partial charge in [0.2, 0.25) is 5.91 Å². The minimum absolute atomic E-state index is 0. The lowest BCUT2D eigenvalue weighted by Gasteiger charge is -2.22. The molecular formula is C19H19ClFN3O2S. The largest absolute Gasteiger partial charge is 0.324 e. The van der Waals surface area contributed by atoms with Gasteiger partial charge in [-0.2, -0.15) is 0 Å². The highest BCUT2D eigenvalue weighted by atomic mass is 35.5. The first kappa shape index (κ1) is 19.7. The van der Waals surface area contributed by atoms with Gasteiger partial charge in [0.1, 0.15) is 5.82 Å². The van der Waals surface area contributed by atoms with Crippen molar-refractivity contribution >= 4 is 47.4 Å². The second kappa shape index (κ2) is 7.88. The standard InChI is InChI=1S/C19H18FN3O2S.ClH/c1-10-18(24)23-15-8-11(3-5-16(15)26-10)19(25)22-14-4-2-12-9-21-7-6-13(12)17(14)20;/h2-5,8,10,21H,6-7,9H2,1H3,(H,22,25)(H,23,24);1H. The van der Waals surface area contributed by atoms with Crippen molar-refractivity contribution in [1.29, 1.82) is 0 Å². The van der Waals surface area contributed by atoms with Crippen molar-refractivity contribution in [2.75, 3.05) is 17.2 Å². The van der Waals surface area contributed by atoms with Crippen molar-refractivity contribution in [3.05, 3.63) is 52.8 Å². The SMILES string of the molecule is CC1Sc2ccc(C(=O)Nc3ccc4c(c3F)CCNC4)cc2NC1=O.Cl. The van der Waals surface area contributed by atoms with Gasteiger partial charge in [-0.05, 0) is 55.3 Å². The van der Waals surface area contributed by atoms with Crippen LogP contribution in [0.2, 0.25) is 0 Å². The fraction of sp³-hybridized carbons (Fsp3) is 0.263. The number of rotatable bonds is 2. The third-order valence-electron chi connectivity index (χ3n) is 4.63. The lowest BCUT2D eigenvalue weighted by molar-refractivity contribution is -0.115. The molecule has 0 bridgehead atoms. The topological polar surface area (TPSA) is 70.2 Å². The van der Waals surface area contributed by atoms with E-state index in [2.05, 4.69) is 16.0 Å². The van der Waals surface area contributed by atoms with Crippen LogP contribution in [0, 0.1) is 5.82 Å². The fourth-order valence-electron chi connectivity index (χ4n) is 3.17. The van der Waals surface area contributed by atoms with E-state index in [1.807, 2.05) is 13.0 Å². The van der Waals surface area contributed by atoms with Gasteiger partial charge in [-0.1, -0.05) is 6.07 Å². The summed E-state index contributed by atoms with van der Waals surface area (Å²) in [6, 6.07) is 8.55. The molecule has 8 heteroatoms. The van der Waals surface area contributed by atoms with E-state index in [9.17, 15) is 14.0 Å². The highest BCUT2D eigenvalue weighted by molar-refractivity contribution is 8.00. The predicted molar refractivity (Wildman–Crippen MR) is 107 cm³/mol. The van der Waals surface area contributed by atoms with Crippen LogP contribution in [0.4, 0.5) is 15.8 Å². The summed E-state index contributed by atoms with van der Waals surface area (Å²) >= 11 is 1.45. The lowest BCUT2D eigenvalue weighted by atomic mass is 9.99. The number of fused-ring (bicyclic) bond motifs is 2. The Labute approximate surface area is 166 Å². The summed E-state index contributed by atoms with van der Waals surface area (Å²) in [4.78, 5) is 25.3. The summed E-state index contributed by atoms with van der Waals surface area (Å²) in [5, 5.41) is 8.48. The predicted octanol–water partition coefficient (Wildman–Crippen LogP) is 3.58. The number of carbonyl (C=O) groups excluding carboxylic acids is 2. The molecule has 27 heavy (non-hydrogen) atoms. The molecule has 0 saturated heterocycles. The molecule has 2 aliphatic rings. The Morgan fingerprint density at radius 1 is 1.30 bits per heavy atom. The highest BCUT2D eigenvalue weighted by Crippen LogP contribution is 2.36. The van der Waals surface area contributed by atoms with Crippen LogP contribution < -0.4 is 16.0 Å². The number of anilines is 2. The summed E-state index contributed by atoms with van der Waals surface area (Å²) in [5.74, 6) is -0.860. The van der Waals surface area contributed by atoms with Gasteiger partial charge < -0.3 is 16.0 Å². The zero-order valence-electron chi connectivity index (χ0n) is 14.6. The van der Waals surface area contributed by atoms with E-state index in [4.69, 9.17) is 0 Å². The zero-order valence-corrected chi connectivity index (χ0v) is 16.2. The minimum atomic E-state index is -0.404. The summed E-state index contributed by atoms with van der Waals surface area (Å²) in [7, 11) is 0. The molecule has 142 valence electrons. The normalized spacial score (nSPS) is 17.9. The molecule has 2 aliphatic heterocycles. The molecule has 4 rings (SSSR count). The van der Waals surface area contributed by atoms with Crippen LogP contribution in [0.15, 0.2) is 35.2 Å². The summed E-state index contributed by atoms with van der Waals surface area (Å²) in [6.45, 7) is 3.20. The maximum absolute atomic E-state index is 14.7. The smallest absolute Gasteiger partial charge is 0.255 e. The van der Waals surface area contributed by atoms with Crippen LogP contribution in [0.1, 0.15) is 28.4 Å². The zero-order chi connectivity index (χ0) is 18.3. The first-order valence-electron chi connectivity index (χ1n) is 8.47. The molecule has 0 fully saturated rings.